The van der Waals surface area contributed by atoms with Gasteiger partial charge in [-0.15, -0.1) is 0 Å². The van der Waals surface area contributed by atoms with Crippen molar-refractivity contribution in [2.45, 2.75) is 33.5 Å². The number of aryl methyl sites for hydroxylation is 2. The largest absolute Gasteiger partial charge is 0.449 e. The first-order chi connectivity index (χ1) is 16.2. The van der Waals surface area contributed by atoms with E-state index in [0.717, 1.165) is 43.1 Å². The normalized spacial score (nSPS) is 13.7. The average molecular weight is 579 g/mol. The zero-order valence-electron chi connectivity index (χ0n) is 19.5. The second kappa shape index (κ2) is 8.79. The lowest BCUT2D eigenvalue weighted by molar-refractivity contribution is -0.0431. The molecule has 0 aliphatic carbocycles. The average Bonchev–Trinajstić information content (AvgIpc) is 3.09. The van der Waals surface area contributed by atoms with E-state index in [1.54, 1.807) is 0 Å². The Balaban J connectivity index is 1.60. The highest BCUT2D eigenvalue weighted by Crippen LogP contribution is 2.44. The van der Waals surface area contributed by atoms with Crippen molar-refractivity contribution >= 4 is 48.9 Å². The minimum absolute atomic E-state index is 0.634. The minimum atomic E-state index is -0.634. The molecule has 5 rings (SSSR count). The quantitative estimate of drug-likeness (QED) is 0.241. The van der Waals surface area contributed by atoms with Crippen molar-refractivity contribution in [1.29, 1.82) is 0 Å². The van der Waals surface area contributed by atoms with Gasteiger partial charge in [-0.1, -0.05) is 37.9 Å². The Bertz CT molecular complexity index is 1290. The zero-order chi connectivity index (χ0) is 24.0. The van der Waals surface area contributed by atoms with E-state index in [0.29, 0.717) is 0 Å². The van der Waals surface area contributed by atoms with E-state index in [9.17, 15) is 0 Å². The monoisotopic (exact) mass is 577 g/mol. The summed E-state index contributed by atoms with van der Waals surface area (Å²) >= 11 is 7.12. The van der Waals surface area contributed by atoms with Gasteiger partial charge in [-0.2, -0.15) is 0 Å². The van der Waals surface area contributed by atoms with Gasteiger partial charge in [0.15, 0.2) is 11.5 Å². The highest BCUT2D eigenvalue weighted by molar-refractivity contribution is 9.10. The van der Waals surface area contributed by atoms with Gasteiger partial charge in [0.2, 0.25) is 5.79 Å². The Labute approximate surface area is 217 Å². The fraction of sp³-hybridized carbons (Fsp3) is 0.172. The topological polar surface area (TPSA) is 21.7 Å². The van der Waals surface area contributed by atoms with Gasteiger partial charge in [-0.05, 0) is 109 Å². The maximum absolute atomic E-state index is 5.99. The molecule has 5 heteroatoms. The van der Waals surface area contributed by atoms with E-state index in [2.05, 4.69) is 123 Å². The smallest absolute Gasteiger partial charge is 0.246 e. The number of halogens is 2. The number of hydrogen-bond acceptors (Lipinski definition) is 3. The van der Waals surface area contributed by atoms with E-state index in [1.165, 1.54) is 16.7 Å². The van der Waals surface area contributed by atoms with Crippen LogP contribution in [0.3, 0.4) is 0 Å². The Morgan fingerprint density at radius 3 is 1.65 bits per heavy atom. The summed E-state index contributed by atoms with van der Waals surface area (Å²) in [6.45, 7) is 8.19. The molecule has 0 atom stereocenters. The van der Waals surface area contributed by atoms with Crippen molar-refractivity contribution in [3.8, 4) is 22.6 Å². The predicted molar refractivity (Wildman–Crippen MR) is 147 cm³/mol. The number of fused-ring (bicyclic) bond motifs is 1. The molecule has 0 amide bonds. The molecule has 4 aromatic carbocycles. The second-order valence-electron chi connectivity index (χ2n) is 9.01. The molecule has 172 valence electrons. The molecule has 34 heavy (non-hydrogen) atoms. The second-order valence-corrected chi connectivity index (χ2v) is 10.8. The molecule has 0 radical (unpaired) electrons. The van der Waals surface area contributed by atoms with Gasteiger partial charge in [0.05, 0.1) is 0 Å². The van der Waals surface area contributed by atoms with Crippen molar-refractivity contribution < 1.29 is 9.47 Å². The van der Waals surface area contributed by atoms with E-state index in [-0.39, 0.29) is 0 Å². The first kappa shape index (κ1) is 23.0. The third-order valence-electron chi connectivity index (χ3n) is 5.89. The Hall–Kier alpha value is -2.76. The molecule has 3 nitrogen and oxygen atoms in total. The van der Waals surface area contributed by atoms with Gasteiger partial charge in [-0.3, -0.25) is 0 Å². The van der Waals surface area contributed by atoms with Crippen LogP contribution >= 0.6 is 31.9 Å². The number of ether oxygens (including phenoxy) is 2. The van der Waals surface area contributed by atoms with Crippen molar-refractivity contribution in [2.24, 2.45) is 0 Å². The number of rotatable bonds is 4. The van der Waals surface area contributed by atoms with Crippen LogP contribution in [-0.4, -0.2) is 5.79 Å². The van der Waals surface area contributed by atoms with Gasteiger partial charge >= 0.3 is 0 Å². The van der Waals surface area contributed by atoms with E-state index >= 15 is 0 Å². The van der Waals surface area contributed by atoms with Crippen LogP contribution in [0.5, 0.6) is 11.5 Å². The van der Waals surface area contributed by atoms with E-state index in [1.807, 2.05) is 19.9 Å². The van der Waals surface area contributed by atoms with Crippen molar-refractivity contribution in [1.82, 2.24) is 0 Å². The van der Waals surface area contributed by atoms with Crippen LogP contribution in [0.1, 0.15) is 25.0 Å². The molecule has 0 spiro atoms. The molecule has 4 aromatic rings. The van der Waals surface area contributed by atoms with Crippen LogP contribution in [0, 0.1) is 13.8 Å². The highest BCUT2D eigenvalue weighted by atomic mass is 79.9. The first-order valence-electron chi connectivity index (χ1n) is 11.2. The zero-order valence-corrected chi connectivity index (χ0v) is 22.7. The summed E-state index contributed by atoms with van der Waals surface area (Å²) in [5.74, 6) is 0.944. The molecule has 0 fully saturated rings. The Morgan fingerprint density at radius 1 is 0.618 bits per heavy atom. The molecule has 0 N–H and O–H groups in total. The number of nitrogens with zero attached hydrogens (tertiary/aromatic N) is 1. The summed E-state index contributed by atoms with van der Waals surface area (Å²) in [6.07, 6.45) is 0. The van der Waals surface area contributed by atoms with Crippen LogP contribution in [0.4, 0.5) is 17.1 Å². The summed E-state index contributed by atoms with van der Waals surface area (Å²) in [4.78, 5) is 2.28. The SMILES string of the molecule is Cc1cc(N(c2ccc(Br)cc2)c2ccc(Br)cc2)cc(C)c1-c1ccc2c(c1)OC(C)(C)O2. The van der Waals surface area contributed by atoms with Crippen molar-refractivity contribution in [3.05, 3.63) is 98.9 Å². The maximum atomic E-state index is 5.99. The lowest BCUT2D eigenvalue weighted by atomic mass is 9.94. The highest BCUT2D eigenvalue weighted by Gasteiger charge is 2.32. The van der Waals surface area contributed by atoms with Gasteiger partial charge in [0.1, 0.15) is 0 Å². The van der Waals surface area contributed by atoms with Crippen molar-refractivity contribution in [2.75, 3.05) is 4.90 Å². The molecular weight excluding hydrogens is 554 g/mol. The van der Waals surface area contributed by atoms with Gasteiger partial charge in [-0.25, -0.2) is 0 Å². The number of benzene rings is 4. The summed E-state index contributed by atoms with van der Waals surface area (Å²) in [6, 6.07) is 27.5. The van der Waals surface area contributed by atoms with Gasteiger partial charge < -0.3 is 14.4 Å². The third-order valence-corrected chi connectivity index (χ3v) is 6.95. The molecule has 0 saturated carbocycles. The maximum Gasteiger partial charge on any atom is 0.246 e. The molecule has 1 aliphatic heterocycles. The molecule has 0 saturated heterocycles. The molecule has 1 heterocycles. The van der Waals surface area contributed by atoms with E-state index in [4.69, 9.17) is 9.47 Å². The lowest BCUT2D eigenvalue weighted by Gasteiger charge is -2.27. The molecular formula is C29H25Br2NO2. The van der Waals surface area contributed by atoms with Gasteiger partial charge in [0, 0.05) is 39.9 Å². The van der Waals surface area contributed by atoms with Crippen molar-refractivity contribution in [3.63, 3.8) is 0 Å². The Kier molecular flexibility index (Phi) is 5.95. The number of hydrogen-bond donors (Lipinski definition) is 0. The van der Waals surface area contributed by atoms with E-state index < -0.39 is 5.79 Å². The lowest BCUT2D eigenvalue weighted by Crippen LogP contribution is -2.29. The van der Waals surface area contributed by atoms with Crippen LogP contribution in [0.25, 0.3) is 11.1 Å². The Morgan fingerprint density at radius 2 is 1.12 bits per heavy atom. The molecule has 1 aliphatic rings. The summed E-state index contributed by atoms with van der Waals surface area (Å²) in [5.41, 5.74) is 8.06. The predicted octanol–water partition coefficient (Wildman–Crippen LogP) is 9.47. The van der Waals surface area contributed by atoms with Gasteiger partial charge in [0.25, 0.3) is 0 Å². The first-order valence-corrected chi connectivity index (χ1v) is 12.7. The van der Waals surface area contributed by atoms with Crippen LogP contribution in [0.2, 0.25) is 0 Å². The minimum Gasteiger partial charge on any atom is -0.449 e. The standard InChI is InChI=1S/C29H25Br2NO2/c1-18-15-25(32(23-10-6-21(30)7-11-23)24-12-8-22(31)9-13-24)16-19(2)28(18)20-5-14-26-27(17-20)34-29(3,4)33-26/h5-17H,1-4H3. The fourth-order valence-corrected chi connectivity index (χ4v) is 5.06. The summed E-state index contributed by atoms with van der Waals surface area (Å²) in [7, 11) is 0. The van der Waals surface area contributed by atoms with Crippen LogP contribution < -0.4 is 14.4 Å². The number of anilines is 3. The molecule has 0 unspecified atom stereocenters. The third kappa shape index (κ3) is 4.47. The fourth-order valence-electron chi connectivity index (χ4n) is 4.53. The summed E-state index contributed by atoms with van der Waals surface area (Å²) < 4.78 is 14.0. The van der Waals surface area contributed by atoms with Crippen LogP contribution in [0.15, 0.2) is 87.8 Å². The molecule has 0 bridgehead atoms. The molecule has 0 aromatic heterocycles. The summed E-state index contributed by atoms with van der Waals surface area (Å²) in [5, 5.41) is 0. The van der Waals surface area contributed by atoms with Crippen LogP contribution in [-0.2, 0) is 0 Å².